The second-order valence-corrected chi connectivity index (χ2v) is 7.13. The molecule has 3 amide bonds. The summed E-state index contributed by atoms with van der Waals surface area (Å²) < 4.78 is 0. The summed E-state index contributed by atoms with van der Waals surface area (Å²) in [7, 11) is 1.69. The average molecular weight is 365 g/mol. The predicted molar refractivity (Wildman–Crippen MR) is 104 cm³/mol. The Morgan fingerprint density at radius 1 is 1.11 bits per heavy atom. The van der Waals surface area contributed by atoms with E-state index in [2.05, 4.69) is 23.6 Å². The molecule has 0 spiro atoms. The van der Waals surface area contributed by atoms with Crippen LogP contribution in [0.15, 0.2) is 53.3 Å². The van der Waals surface area contributed by atoms with Crippen molar-refractivity contribution in [2.24, 2.45) is 4.99 Å². The lowest BCUT2D eigenvalue weighted by Gasteiger charge is -2.40. The maximum absolute atomic E-state index is 13.1. The molecule has 0 aromatic heterocycles. The summed E-state index contributed by atoms with van der Waals surface area (Å²) in [6.45, 7) is 9.91. The molecule has 7 nitrogen and oxygen atoms in total. The van der Waals surface area contributed by atoms with Crippen LogP contribution in [0.1, 0.15) is 19.4 Å². The highest BCUT2D eigenvalue weighted by atomic mass is 16.2. The number of carbonyl (C=O) groups excluding carboxylic acids is 2. The zero-order chi connectivity index (χ0) is 19.5. The molecule has 2 unspecified atom stereocenters. The van der Waals surface area contributed by atoms with Gasteiger partial charge in [0.05, 0.1) is 0 Å². The second kappa shape index (κ2) is 5.97. The van der Waals surface area contributed by atoms with Gasteiger partial charge >= 0.3 is 6.03 Å². The van der Waals surface area contributed by atoms with Gasteiger partial charge < -0.3 is 4.90 Å². The number of hydrogen-bond donors (Lipinski definition) is 0. The SMILES string of the molecule is C=CCN1C(=O)C2C(N=C3N(c4ccc(C)cc4)C(C)=C(C)N32)N(C)C1=O. The third-order valence-electron chi connectivity index (χ3n) is 5.50. The number of likely N-dealkylation sites (N-methyl/N-ethyl adjacent to an activating group) is 1. The monoisotopic (exact) mass is 365 g/mol. The van der Waals surface area contributed by atoms with Gasteiger partial charge in [-0.1, -0.05) is 23.8 Å². The minimum atomic E-state index is -0.548. The number of urea groups is 1. The summed E-state index contributed by atoms with van der Waals surface area (Å²) in [5, 5.41) is 0. The van der Waals surface area contributed by atoms with Crippen molar-refractivity contribution in [3.63, 3.8) is 0 Å². The summed E-state index contributed by atoms with van der Waals surface area (Å²) in [6, 6.07) is 7.30. The summed E-state index contributed by atoms with van der Waals surface area (Å²) in [6.07, 6.45) is 1.04. The fourth-order valence-corrected chi connectivity index (χ4v) is 3.91. The Kier molecular flexibility index (Phi) is 3.83. The number of amides is 3. The largest absolute Gasteiger partial charge is 0.328 e. The number of carbonyl (C=O) groups is 2. The van der Waals surface area contributed by atoms with E-state index in [1.165, 1.54) is 15.4 Å². The van der Waals surface area contributed by atoms with E-state index in [-0.39, 0.29) is 18.5 Å². The number of imide groups is 1. The molecule has 1 aromatic carbocycles. The van der Waals surface area contributed by atoms with Crippen LogP contribution in [0.3, 0.4) is 0 Å². The van der Waals surface area contributed by atoms with E-state index >= 15 is 0 Å². The summed E-state index contributed by atoms with van der Waals surface area (Å²) in [5.41, 5.74) is 4.16. The highest BCUT2D eigenvalue weighted by Crippen LogP contribution is 2.39. The predicted octanol–water partition coefficient (Wildman–Crippen LogP) is 2.51. The van der Waals surface area contributed by atoms with Gasteiger partial charge in [-0.25, -0.2) is 9.79 Å². The molecular formula is C20H23N5O2. The first-order chi connectivity index (χ1) is 12.9. The van der Waals surface area contributed by atoms with E-state index in [4.69, 9.17) is 4.99 Å². The van der Waals surface area contributed by atoms with E-state index in [1.54, 1.807) is 13.1 Å². The number of aliphatic imine (C=N–C) groups is 1. The molecule has 140 valence electrons. The third-order valence-corrected chi connectivity index (χ3v) is 5.50. The summed E-state index contributed by atoms with van der Waals surface area (Å²) in [4.78, 5) is 37.3. The molecule has 3 aliphatic heterocycles. The van der Waals surface area contributed by atoms with Crippen LogP contribution in [0.4, 0.5) is 10.5 Å². The van der Waals surface area contributed by atoms with Crippen LogP contribution in [0, 0.1) is 6.92 Å². The van der Waals surface area contributed by atoms with Crippen LogP contribution in [-0.4, -0.2) is 58.4 Å². The molecule has 1 fully saturated rings. The number of nitrogens with zero attached hydrogens (tertiary/aromatic N) is 5. The molecule has 0 radical (unpaired) electrons. The first-order valence-corrected chi connectivity index (χ1v) is 8.97. The molecule has 0 bridgehead atoms. The number of aryl methyl sites for hydroxylation is 1. The van der Waals surface area contributed by atoms with E-state index in [1.807, 2.05) is 37.8 Å². The Morgan fingerprint density at radius 2 is 1.78 bits per heavy atom. The standard InChI is InChI=1S/C20H23N5O2/c1-6-11-23-18(26)16-17(22(5)20(23)27)21-19-24(13(3)14(4)25(16)19)15-9-7-12(2)8-10-15/h6-10,16-17H,1,11H2,2-5H3. The van der Waals surface area contributed by atoms with Crippen LogP contribution in [0.25, 0.3) is 0 Å². The van der Waals surface area contributed by atoms with Crippen molar-refractivity contribution in [3.8, 4) is 0 Å². The molecule has 27 heavy (non-hydrogen) atoms. The lowest BCUT2D eigenvalue weighted by Crippen LogP contribution is -2.64. The van der Waals surface area contributed by atoms with E-state index in [0.29, 0.717) is 5.96 Å². The van der Waals surface area contributed by atoms with Gasteiger partial charge in [-0.05, 0) is 32.9 Å². The molecule has 3 heterocycles. The molecule has 0 saturated carbocycles. The fourth-order valence-electron chi connectivity index (χ4n) is 3.91. The van der Waals surface area contributed by atoms with Gasteiger partial charge in [-0.2, -0.15) is 0 Å². The first kappa shape index (κ1) is 17.3. The zero-order valence-corrected chi connectivity index (χ0v) is 16.0. The smallest absolute Gasteiger partial charge is 0.302 e. The molecular weight excluding hydrogens is 342 g/mol. The maximum Gasteiger partial charge on any atom is 0.328 e. The van der Waals surface area contributed by atoms with Crippen molar-refractivity contribution in [3.05, 3.63) is 53.9 Å². The number of benzene rings is 1. The number of anilines is 1. The zero-order valence-electron chi connectivity index (χ0n) is 16.0. The van der Waals surface area contributed by atoms with Crippen molar-refractivity contribution >= 4 is 23.6 Å². The average Bonchev–Trinajstić information content (AvgIpc) is 3.14. The molecule has 0 aliphatic carbocycles. The first-order valence-electron chi connectivity index (χ1n) is 8.97. The van der Waals surface area contributed by atoms with Gasteiger partial charge in [0.25, 0.3) is 5.91 Å². The molecule has 2 atom stereocenters. The molecule has 7 heteroatoms. The summed E-state index contributed by atoms with van der Waals surface area (Å²) >= 11 is 0. The minimum absolute atomic E-state index is 0.192. The Hall–Kier alpha value is -3.09. The van der Waals surface area contributed by atoms with Gasteiger partial charge in [-0.15, -0.1) is 6.58 Å². The van der Waals surface area contributed by atoms with E-state index < -0.39 is 12.2 Å². The fraction of sp³-hybridized carbons (Fsp3) is 0.350. The third kappa shape index (κ3) is 2.31. The molecule has 1 saturated heterocycles. The van der Waals surface area contributed by atoms with Crippen molar-refractivity contribution < 1.29 is 9.59 Å². The van der Waals surface area contributed by atoms with E-state index in [0.717, 1.165) is 17.1 Å². The van der Waals surface area contributed by atoms with Gasteiger partial charge in [0, 0.05) is 30.7 Å². The minimum Gasteiger partial charge on any atom is -0.302 e. The van der Waals surface area contributed by atoms with Crippen LogP contribution in [0.5, 0.6) is 0 Å². The number of rotatable bonds is 3. The number of guanidine groups is 1. The van der Waals surface area contributed by atoms with Crippen LogP contribution >= 0.6 is 0 Å². The highest BCUT2D eigenvalue weighted by Gasteiger charge is 2.55. The van der Waals surface area contributed by atoms with Gasteiger partial charge in [0.15, 0.2) is 12.2 Å². The van der Waals surface area contributed by atoms with Crippen molar-refractivity contribution in [2.75, 3.05) is 18.5 Å². The molecule has 1 aromatic rings. The maximum atomic E-state index is 13.1. The normalized spacial score (nSPS) is 24.5. The van der Waals surface area contributed by atoms with Gasteiger partial charge in [0.1, 0.15) is 0 Å². The van der Waals surface area contributed by atoms with Crippen LogP contribution in [0.2, 0.25) is 0 Å². The van der Waals surface area contributed by atoms with Crippen LogP contribution in [-0.2, 0) is 4.79 Å². The van der Waals surface area contributed by atoms with Crippen molar-refractivity contribution in [2.45, 2.75) is 33.0 Å². The Morgan fingerprint density at radius 3 is 2.41 bits per heavy atom. The Bertz CT molecular complexity index is 901. The van der Waals surface area contributed by atoms with Gasteiger partial charge in [0.2, 0.25) is 5.96 Å². The number of fused-ring (bicyclic) bond motifs is 3. The number of allylic oxidation sites excluding steroid dienone is 2. The van der Waals surface area contributed by atoms with Crippen molar-refractivity contribution in [1.82, 2.24) is 14.7 Å². The Labute approximate surface area is 158 Å². The van der Waals surface area contributed by atoms with Crippen molar-refractivity contribution in [1.29, 1.82) is 0 Å². The molecule has 0 N–H and O–H groups in total. The lowest BCUT2D eigenvalue weighted by atomic mass is 10.1. The van der Waals surface area contributed by atoms with Gasteiger partial charge in [-0.3, -0.25) is 19.5 Å². The molecule has 4 rings (SSSR count). The van der Waals surface area contributed by atoms with Crippen LogP contribution < -0.4 is 4.90 Å². The quantitative estimate of drug-likeness (QED) is 0.773. The Balaban J connectivity index is 1.78. The second-order valence-electron chi connectivity index (χ2n) is 7.13. The topological polar surface area (TPSA) is 59.5 Å². The lowest BCUT2D eigenvalue weighted by molar-refractivity contribution is -0.136. The molecule has 3 aliphatic rings. The van der Waals surface area contributed by atoms with E-state index in [9.17, 15) is 9.59 Å². The summed E-state index contributed by atoms with van der Waals surface area (Å²) in [5.74, 6) is 0.456. The number of hydrogen-bond acceptors (Lipinski definition) is 5. The highest BCUT2D eigenvalue weighted by molar-refractivity contribution is 6.10.